The monoisotopic (exact) mass is 272 g/mol. The number of unbranched alkanes of at least 4 members (excludes halogenated alkanes) is 2. The molecule has 2 aliphatic rings. The number of hydrogen-bond acceptors (Lipinski definition) is 6. The van der Waals surface area contributed by atoms with E-state index in [4.69, 9.17) is 14.2 Å². The lowest BCUT2D eigenvalue weighted by molar-refractivity contribution is -0.163. The summed E-state index contributed by atoms with van der Waals surface area (Å²) >= 11 is 0. The van der Waals surface area contributed by atoms with Crippen molar-refractivity contribution in [2.45, 2.75) is 56.8 Å². The van der Waals surface area contributed by atoms with E-state index in [1.807, 2.05) is 0 Å². The summed E-state index contributed by atoms with van der Waals surface area (Å²) in [6.45, 7) is 2.15. The Bertz CT molecular complexity index is 355. The van der Waals surface area contributed by atoms with Crippen molar-refractivity contribution in [2.75, 3.05) is 13.2 Å². The van der Waals surface area contributed by atoms with E-state index in [1.165, 1.54) is 0 Å². The largest absolute Gasteiger partial charge is 0.462 e. The van der Waals surface area contributed by atoms with E-state index in [2.05, 4.69) is 6.92 Å². The van der Waals surface area contributed by atoms with Crippen LogP contribution in [-0.2, 0) is 23.8 Å². The third-order valence-corrected chi connectivity index (χ3v) is 3.57. The van der Waals surface area contributed by atoms with Gasteiger partial charge in [0.2, 0.25) is 0 Å². The van der Waals surface area contributed by atoms with E-state index in [-0.39, 0.29) is 31.6 Å². The second-order valence-corrected chi connectivity index (χ2v) is 5.15. The van der Waals surface area contributed by atoms with Crippen LogP contribution in [-0.4, -0.2) is 48.1 Å². The van der Waals surface area contributed by atoms with E-state index in [1.54, 1.807) is 0 Å². The smallest absolute Gasteiger partial charge is 0.309 e. The zero-order valence-corrected chi connectivity index (χ0v) is 11.1. The van der Waals surface area contributed by atoms with Gasteiger partial charge in [-0.05, 0) is 6.42 Å². The van der Waals surface area contributed by atoms with Gasteiger partial charge in [0, 0.05) is 6.42 Å². The zero-order valence-electron chi connectivity index (χ0n) is 11.1. The Morgan fingerprint density at radius 2 is 2.32 bits per heavy atom. The fourth-order valence-electron chi connectivity index (χ4n) is 2.50. The van der Waals surface area contributed by atoms with Crippen LogP contribution < -0.4 is 0 Å². The van der Waals surface area contributed by atoms with Crippen molar-refractivity contribution in [1.29, 1.82) is 0 Å². The first kappa shape index (κ1) is 14.3. The normalized spacial score (nSPS) is 33.7. The van der Waals surface area contributed by atoms with Crippen molar-refractivity contribution in [3.05, 3.63) is 0 Å². The molecule has 0 saturated carbocycles. The molecule has 0 aromatic rings. The summed E-state index contributed by atoms with van der Waals surface area (Å²) in [6, 6.07) is 0. The molecule has 2 fully saturated rings. The van der Waals surface area contributed by atoms with Crippen molar-refractivity contribution >= 4 is 11.9 Å². The number of carbonyl (C=O) groups is 2. The minimum absolute atomic E-state index is 0.0248. The van der Waals surface area contributed by atoms with Crippen LogP contribution in [0.1, 0.15) is 39.0 Å². The maximum absolute atomic E-state index is 11.7. The molecule has 2 rings (SSSR count). The van der Waals surface area contributed by atoms with Gasteiger partial charge in [-0.3, -0.25) is 9.59 Å². The fourth-order valence-corrected chi connectivity index (χ4v) is 2.50. The SMILES string of the molecule is CCCCCC(=O)O[C@H]1[C@H](O)CO[C@@]12COC(=O)C2. The van der Waals surface area contributed by atoms with Gasteiger partial charge in [0.1, 0.15) is 12.7 Å². The van der Waals surface area contributed by atoms with Gasteiger partial charge in [-0.25, -0.2) is 0 Å². The van der Waals surface area contributed by atoms with Crippen molar-refractivity contribution < 1.29 is 28.9 Å². The van der Waals surface area contributed by atoms with Gasteiger partial charge in [-0.2, -0.15) is 0 Å². The molecule has 0 radical (unpaired) electrons. The van der Waals surface area contributed by atoms with Crippen LogP contribution in [0.5, 0.6) is 0 Å². The van der Waals surface area contributed by atoms with Gasteiger partial charge >= 0.3 is 11.9 Å². The predicted octanol–water partition coefficient (Wildman–Crippen LogP) is 0.555. The molecule has 1 spiro atoms. The van der Waals surface area contributed by atoms with Crippen LogP contribution in [0.3, 0.4) is 0 Å². The molecular formula is C13H20O6. The number of cyclic esters (lactones) is 1. The van der Waals surface area contributed by atoms with E-state index < -0.39 is 17.8 Å². The van der Waals surface area contributed by atoms with Crippen molar-refractivity contribution in [3.63, 3.8) is 0 Å². The Morgan fingerprint density at radius 3 is 2.95 bits per heavy atom. The first-order chi connectivity index (χ1) is 9.07. The number of ether oxygens (including phenoxy) is 3. The maximum Gasteiger partial charge on any atom is 0.309 e. The molecule has 0 bridgehead atoms. The minimum Gasteiger partial charge on any atom is -0.462 e. The summed E-state index contributed by atoms with van der Waals surface area (Å²) in [4.78, 5) is 23.0. The van der Waals surface area contributed by atoms with E-state index >= 15 is 0 Å². The highest BCUT2D eigenvalue weighted by atomic mass is 16.6. The van der Waals surface area contributed by atoms with Gasteiger partial charge in [-0.1, -0.05) is 19.8 Å². The average Bonchev–Trinajstić information content (AvgIpc) is 2.88. The Labute approximate surface area is 112 Å². The van der Waals surface area contributed by atoms with Gasteiger partial charge in [0.15, 0.2) is 11.7 Å². The lowest BCUT2D eigenvalue weighted by Gasteiger charge is -2.27. The molecule has 0 unspecified atom stereocenters. The molecule has 6 heteroatoms. The van der Waals surface area contributed by atoms with Crippen LogP contribution >= 0.6 is 0 Å². The quantitative estimate of drug-likeness (QED) is 0.581. The lowest BCUT2D eigenvalue weighted by atomic mass is 9.94. The molecule has 0 aromatic carbocycles. The molecule has 6 nitrogen and oxygen atoms in total. The Hall–Kier alpha value is -1.14. The molecule has 2 aliphatic heterocycles. The highest BCUT2D eigenvalue weighted by Gasteiger charge is 2.57. The average molecular weight is 272 g/mol. The van der Waals surface area contributed by atoms with Crippen LogP contribution in [0, 0.1) is 0 Å². The summed E-state index contributed by atoms with van der Waals surface area (Å²) in [5.41, 5.74) is -0.989. The van der Waals surface area contributed by atoms with E-state index in [9.17, 15) is 14.7 Å². The Morgan fingerprint density at radius 1 is 1.53 bits per heavy atom. The molecule has 2 heterocycles. The number of hydrogen-bond donors (Lipinski definition) is 1. The summed E-state index contributed by atoms with van der Waals surface area (Å²) in [6.07, 6.45) is 1.39. The standard InChI is InChI=1S/C13H20O6/c1-2-3-4-5-10(15)19-12-9(14)7-18-13(12)6-11(16)17-8-13/h9,12,14H,2-8H2,1H3/t9-,12+,13+/m1/s1. The van der Waals surface area contributed by atoms with E-state index in [0.717, 1.165) is 19.3 Å². The number of aliphatic hydroxyl groups excluding tert-OH is 1. The summed E-state index contributed by atoms with van der Waals surface area (Å²) in [5, 5.41) is 9.85. The van der Waals surface area contributed by atoms with Crippen LogP contribution in [0.2, 0.25) is 0 Å². The zero-order chi connectivity index (χ0) is 13.9. The minimum atomic E-state index is -0.989. The number of aliphatic hydroxyl groups is 1. The van der Waals surface area contributed by atoms with Crippen molar-refractivity contribution in [3.8, 4) is 0 Å². The van der Waals surface area contributed by atoms with Gasteiger partial charge in [-0.15, -0.1) is 0 Å². The first-order valence-corrected chi connectivity index (χ1v) is 6.74. The molecular weight excluding hydrogens is 252 g/mol. The Kier molecular flexibility index (Phi) is 4.42. The molecule has 3 atom stereocenters. The molecule has 108 valence electrons. The van der Waals surface area contributed by atoms with E-state index in [0.29, 0.717) is 6.42 Å². The third kappa shape index (κ3) is 3.06. The van der Waals surface area contributed by atoms with Crippen LogP contribution in [0.4, 0.5) is 0 Å². The summed E-state index contributed by atoms with van der Waals surface area (Å²) in [5.74, 6) is -0.747. The highest BCUT2D eigenvalue weighted by Crippen LogP contribution is 2.37. The second kappa shape index (κ2) is 5.88. The summed E-state index contributed by atoms with van der Waals surface area (Å²) < 4.78 is 15.6. The van der Waals surface area contributed by atoms with Gasteiger partial charge < -0.3 is 19.3 Å². The van der Waals surface area contributed by atoms with Crippen molar-refractivity contribution in [1.82, 2.24) is 0 Å². The number of rotatable bonds is 5. The second-order valence-electron chi connectivity index (χ2n) is 5.15. The number of carbonyl (C=O) groups excluding carboxylic acids is 2. The molecule has 0 aliphatic carbocycles. The third-order valence-electron chi connectivity index (χ3n) is 3.57. The lowest BCUT2D eigenvalue weighted by Crippen LogP contribution is -2.46. The van der Waals surface area contributed by atoms with Crippen LogP contribution in [0.15, 0.2) is 0 Å². The Balaban J connectivity index is 1.93. The maximum atomic E-state index is 11.7. The molecule has 0 aromatic heterocycles. The predicted molar refractivity (Wildman–Crippen MR) is 64.3 cm³/mol. The van der Waals surface area contributed by atoms with Crippen molar-refractivity contribution in [2.24, 2.45) is 0 Å². The first-order valence-electron chi connectivity index (χ1n) is 6.74. The van der Waals surface area contributed by atoms with Gasteiger partial charge in [0.25, 0.3) is 0 Å². The highest BCUT2D eigenvalue weighted by molar-refractivity contribution is 5.74. The van der Waals surface area contributed by atoms with Gasteiger partial charge in [0.05, 0.1) is 13.0 Å². The molecule has 0 amide bonds. The molecule has 19 heavy (non-hydrogen) atoms. The summed E-state index contributed by atoms with van der Waals surface area (Å²) in [7, 11) is 0. The van der Waals surface area contributed by atoms with Crippen LogP contribution in [0.25, 0.3) is 0 Å². The number of esters is 2. The topological polar surface area (TPSA) is 82.1 Å². The molecule has 2 saturated heterocycles. The fraction of sp³-hybridized carbons (Fsp3) is 0.846. The molecule has 1 N–H and O–H groups in total.